The molecule has 2 aromatic rings. The largest absolute Gasteiger partial charge is 0.348 e. The van der Waals surface area contributed by atoms with Crippen LogP contribution in [-0.4, -0.2) is 37.9 Å². The molecule has 3 heterocycles. The van der Waals surface area contributed by atoms with Crippen LogP contribution >= 0.6 is 11.3 Å². The first-order valence-corrected chi connectivity index (χ1v) is 9.00. The van der Waals surface area contributed by atoms with Gasteiger partial charge in [-0.3, -0.25) is 9.69 Å². The summed E-state index contributed by atoms with van der Waals surface area (Å²) in [6.45, 7) is 6.96. The van der Waals surface area contributed by atoms with E-state index in [1.54, 1.807) is 11.3 Å². The van der Waals surface area contributed by atoms with E-state index >= 15 is 0 Å². The van der Waals surface area contributed by atoms with Crippen LogP contribution in [-0.2, 0) is 13.1 Å². The van der Waals surface area contributed by atoms with Crippen LogP contribution in [0, 0.1) is 6.92 Å². The minimum Gasteiger partial charge on any atom is -0.348 e. The van der Waals surface area contributed by atoms with E-state index in [4.69, 9.17) is 0 Å². The van der Waals surface area contributed by atoms with E-state index in [-0.39, 0.29) is 11.9 Å². The Labute approximate surface area is 139 Å². The molecule has 0 aromatic carbocycles. The molecule has 2 aliphatic rings. The first-order chi connectivity index (χ1) is 11.1. The topological polar surface area (TPSA) is 63.1 Å². The van der Waals surface area contributed by atoms with Crippen molar-refractivity contribution < 1.29 is 4.79 Å². The Kier molecular flexibility index (Phi) is 3.69. The lowest BCUT2D eigenvalue weighted by molar-refractivity contribution is 0.0946. The first kappa shape index (κ1) is 14.8. The zero-order valence-corrected chi connectivity index (χ0v) is 14.3. The molecule has 4 rings (SSSR count). The van der Waals surface area contributed by atoms with Gasteiger partial charge in [0.05, 0.1) is 17.2 Å². The lowest BCUT2D eigenvalue weighted by Gasteiger charge is -2.33. The van der Waals surface area contributed by atoms with Gasteiger partial charge in [0.2, 0.25) is 0 Å². The maximum atomic E-state index is 12.2. The van der Waals surface area contributed by atoms with Crippen LogP contribution in [0.2, 0.25) is 0 Å². The maximum absolute atomic E-state index is 12.2. The summed E-state index contributed by atoms with van der Waals surface area (Å²) >= 11 is 1.71. The number of carbonyl (C=O) groups excluding carboxylic acids is 1. The van der Waals surface area contributed by atoms with Gasteiger partial charge in [0.25, 0.3) is 5.91 Å². The second kappa shape index (κ2) is 5.72. The molecule has 0 spiro atoms. The highest BCUT2D eigenvalue weighted by Crippen LogP contribution is 2.28. The molecule has 1 fully saturated rings. The van der Waals surface area contributed by atoms with Gasteiger partial charge in [-0.05, 0) is 26.7 Å². The number of thiazole rings is 1. The van der Waals surface area contributed by atoms with Gasteiger partial charge in [-0.25, -0.2) is 9.97 Å². The third kappa shape index (κ3) is 2.90. The summed E-state index contributed by atoms with van der Waals surface area (Å²) in [5.41, 5.74) is 3.57. The molecule has 1 unspecified atom stereocenters. The molecule has 23 heavy (non-hydrogen) atoms. The van der Waals surface area contributed by atoms with Gasteiger partial charge >= 0.3 is 0 Å². The average Bonchev–Trinajstić information content (AvgIpc) is 3.08. The number of hydrogen-bond donors (Lipinski definition) is 1. The van der Waals surface area contributed by atoms with E-state index in [0.29, 0.717) is 11.7 Å². The van der Waals surface area contributed by atoms with Crippen molar-refractivity contribution in [2.45, 2.75) is 51.9 Å². The molecular weight excluding hydrogens is 310 g/mol. The van der Waals surface area contributed by atoms with Crippen molar-refractivity contribution in [2.24, 2.45) is 0 Å². The highest BCUT2D eigenvalue weighted by molar-refractivity contribution is 7.09. The van der Waals surface area contributed by atoms with Crippen LogP contribution < -0.4 is 5.32 Å². The summed E-state index contributed by atoms with van der Waals surface area (Å²) in [5, 5.41) is 3.01. The van der Waals surface area contributed by atoms with Gasteiger partial charge in [-0.1, -0.05) is 0 Å². The molecule has 122 valence electrons. The zero-order valence-electron chi connectivity index (χ0n) is 13.5. The van der Waals surface area contributed by atoms with Gasteiger partial charge in [-0.2, -0.15) is 0 Å². The van der Waals surface area contributed by atoms with E-state index in [0.717, 1.165) is 44.0 Å². The number of carbonyl (C=O) groups is 1. The van der Waals surface area contributed by atoms with Crippen molar-refractivity contribution in [1.29, 1.82) is 0 Å². The Morgan fingerprint density at radius 3 is 2.96 bits per heavy atom. The molecule has 0 bridgehead atoms. The highest BCUT2D eigenvalue weighted by atomic mass is 32.1. The van der Waals surface area contributed by atoms with Gasteiger partial charge in [0, 0.05) is 36.8 Å². The molecule has 1 aliphatic carbocycles. The fourth-order valence-electron chi connectivity index (χ4n) is 3.01. The van der Waals surface area contributed by atoms with Gasteiger partial charge in [0.1, 0.15) is 11.5 Å². The average molecular weight is 331 g/mol. The van der Waals surface area contributed by atoms with Gasteiger partial charge < -0.3 is 9.88 Å². The zero-order chi connectivity index (χ0) is 16.0. The summed E-state index contributed by atoms with van der Waals surface area (Å²) in [6.07, 6.45) is 4.09. The smallest absolute Gasteiger partial charge is 0.271 e. The molecule has 1 atom stereocenters. The number of nitrogens with one attached hydrogen (secondary N) is 1. The Morgan fingerprint density at radius 2 is 2.26 bits per heavy atom. The van der Waals surface area contributed by atoms with Crippen molar-refractivity contribution in [2.75, 3.05) is 6.54 Å². The normalized spacial score (nSPS) is 21.2. The Bertz CT molecular complexity index is 733. The lowest BCUT2D eigenvalue weighted by atomic mass is 10.2. The molecule has 1 saturated carbocycles. The first-order valence-electron chi connectivity index (χ1n) is 8.13. The van der Waals surface area contributed by atoms with Crippen molar-refractivity contribution >= 4 is 17.2 Å². The minimum absolute atomic E-state index is 0.0357. The van der Waals surface area contributed by atoms with Gasteiger partial charge in [-0.15, -0.1) is 11.3 Å². The molecule has 7 heteroatoms. The fourth-order valence-corrected chi connectivity index (χ4v) is 3.81. The number of nitrogens with zero attached hydrogens (tertiary/aromatic N) is 4. The third-order valence-corrected chi connectivity index (χ3v) is 5.61. The molecule has 1 amide bonds. The van der Waals surface area contributed by atoms with Crippen LogP contribution in [0.5, 0.6) is 0 Å². The summed E-state index contributed by atoms with van der Waals surface area (Å²) < 4.78 is 2.13. The van der Waals surface area contributed by atoms with Crippen LogP contribution in [0.4, 0.5) is 0 Å². The van der Waals surface area contributed by atoms with Crippen LogP contribution in [0.1, 0.15) is 52.7 Å². The quantitative estimate of drug-likeness (QED) is 0.932. The van der Waals surface area contributed by atoms with E-state index < -0.39 is 0 Å². The number of imidazole rings is 1. The molecule has 1 N–H and O–H groups in total. The molecule has 6 nitrogen and oxygen atoms in total. The molecular formula is C16H21N5OS. The van der Waals surface area contributed by atoms with Crippen molar-refractivity contribution in [3.8, 4) is 0 Å². The SMILES string of the molecule is Cc1ncsc1CN1CCn2cc(C(=O)NC3CC3)nc2C1C. The monoisotopic (exact) mass is 331 g/mol. The number of amides is 1. The van der Waals surface area contributed by atoms with Crippen LogP contribution in [0.25, 0.3) is 0 Å². The maximum Gasteiger partial charge on any atom is 0.271 e. The Balaban J connectivity index is 1.51. The summed E-state index contributed by atoms with van der Waals surface area (Å²) in [6, 6.07) is 0.567. The number of hydrogen-bond acceptors (Lipinski definition) is 5. The summed E-state index contributed by atoms with van der Waals surface area (Å²) in [4.78, 5) is 24.9. The predicted molar refractivity (Wildman–Crippen MR) is 88.4 cm³/mol. The highest BCUT2D eigenvalue weighted by Gasteiger charge is 2.30. The van der Waals surface area contributed by atoms with Crippen molar-refractivity contribution in [1.82, 2.24) is 24.8 Å². The van der Waals surface area contributed by atoms with E-state index in [2.05, 4.69) is 38.6 Å². The predicted octanol–water partition coefficient (Wildman–Crippen LogP) is 2.12. The number of aryl methyl sites for hydroxylation is 1. The van der Waals surface area contributed by atoms with Gasteiger partial charge in [0.15, 0.2) is 0 Å². The standard InChI is InChI=1S/C16H21N5OS/c1-10-14(23-9-17-10)8-20-5-6-21-7-13(19-15(21)11(20)2)16(22)18-12-3-4-12/h7,9,11-12H,3-6,8H2,1-2H3,(H,18,22). The molecule has 0 saturated heterocycles. The second-order valence-corrected chi connectivity index (χ2v) is 7.37. The molecule has 1 aliphatic heterocycles. The minimum atomic E-state index is -0.0357. The molecule has 0 radical (unpaired) electrons. The third-order valence-electron chi connectivity index (χ3n) is 4.69. The van der Waals surface area contributed by atoms with Crippen LogP contribution in [0.3, 0.4) is 0 Å². The Morgan fingerprint density at radius 1 is 1.43 bits per heavy atom. The lowest BCUT2D eigenvalue weighted by Crippen LogP contribution is -2.36. The summed E-state index contributed by atoms with van der Waals surface area (Å²) in [7, 11) is 0. The van der Waals surface area contributed by atoms with Crippen molar-refractivity contribution in [3.63, 3.8) is 0 Å². The molecule has 2 aromatic heterocycles. The number of aromatic nitrogens is 3. The number of rotatable bonds is 4. The fraction of sp³-hybridized carbons (Fsp3) is 0.562. The van der Waals surface area contributed by atoms with Crippen LogP contribution in [0.15, 0.2) is 11.7 Å². The number of fused-ring (bicyclic) bond motifs is 1. The second-order valence-electron chi connectivity index (χ2n) is 6.43. The van der Waals surface area contributed by atoms with E-state index in [1.165, 1.54) is 4.88 Å². The summed E-state index contributed by atoms with van der Waals surface area (Å²) in [5.74, 6) is 0.950. The van der Waals surface area contributed by atoms with E-state index in [1.807, 2.05) is 11.7 Å². The Hall–Kier alpha value is -1.73. The van der Waals surface area contributed by atoms with E-state index in [9.17, 15) is 4.79 Å². The van der Waals surface area contributed by atoms with Crippen molar-refractivity contribution in [3.05, 3.63) is 33.8 Å².